The van der Waals surface area contributed by atoms with E-state index in [1.54, 1.807) is 6.20 Å². The summed E-state index contributed by atoms with van der Waals surface area (Å²) in [5.74, 6) is 0.674. The van der Waals surface area contributed by atoms with Gasteiger partial charge in [0.15, 0.2) is 0 Å². The molecule has 4 heteroatoms. The molecule has 1 aromatic carbocycles. The number of hydrogen-bond acceptors (Lipinski definition) is 4. The van der Waals surface area contributed by atoms with Crippen LogP contribution in [0.15, 0.2) is 42.6 Å². The van der Waals surface area contributed by atoms with Crippen LogP contribution in [0.1, 0.15) is 17.5 Å². The lowest BCUT2D eigenvalue weighted by Gasteiger charge is -2.17. The molecule has 0 saturated carbocycles. The molecule has 0 amide bonds. The zero-order valence-electron chi connectivity index (χ0n) is 12.3. The lowest BCUT2D eigenvalue weighted by atomic mass is 10.2. The van der Waals surface area contributed by atoms with Gasteiger partial charge in [-0.05, 0) is 24.5 Å². The van der Waals surface area contributed by atoms with Crippen molar-refractivity contribution in [1.29, 1.82) is 0 Å². The third kappa shape index (κ3) is 3.52. The number of nitrogen functional groups attached to an aromatic ring is 1. The van der Waals surface area contributed by atoms with E-state index in [0.717, 1.165) is 31.6 Å². The second kappa shape index (κ2) is 6.14. The summed E-state index contributed by atoms with van der Waals surface area (Å²) >= 11 is 0. The van der Waals surface area contributed by atoms with Crippen molar-refractivity contribution in [2.24, 2.45) is 0 Å². The number of pyridine rings is 1. The number of nitrogens with zero attached hydrogens (tertiary/aromatic N) is 2. The van der Waals surface area contributed by atoms with E-state index in [2.05, 4.69) is 40.2 Å². The maximum absolute atomic E-state index is 5.97. The number of nitrogens with two attached hydrogens (primary N) is 1. The van der Waals surface area contributed by atoms with Crippen molar-refractivity contribution in [3.05, 3.63) is 53.7 Å². The fraction of sp³-hybridized carbons (Fsp3) is 0.353. The Morgan fingerprint density at radius 1 is 1.33 bits per heavy atom. The van der Waals surface area contributed by atoms with Crippen molar-refractivity contribution in [2.75, 3.05) is 18.8 Å². The first-order valence-corrected chi connectivity index (χ1v) is 7.36. The van der Waals surface area contributed by atoms with E-state index in [0.29, 0.717) is 11.6 Å². The minimum absolute atomic E-state index is 0.212. The Balaban J connectivity index is 1.56. The van der Waals surface area contributed by atoms with Crippen LogP contribution >= 0.6 is 0 Å². The molecule has 0 bridgehead atoms. The molecule has 2 aromatic rings. The molecular formula is C17H21N3O. The normalized spacial score (nSPS) is 18.8. The molecule has 21 heavy (non-hydrogen) atoms. The van der Waals surface area contributed by atoms with Gasteiger partial charge in [-0.1, -0.05) is 30.3 Å². The third-order valence-corrected chi connectivity index (χ3v) is 3.89. The molecule has 2 N–H and O–H groups in total. The van der Waals surface area contributed by atoms with Crippen molar-refractivity contribution in [1.82, 2.24) is 9.88 Å². The summed E-state index contributed by atoms with van der Waals surface area (Å²) in [6.45, 7) is 4.96. The van der Waals surface area contributed by atoms with Crippen LogP contribution in [0.4, 0.5) is 5.69 Å². The van der Waals surface area contributed by atoms with E-state index in [9.17, 15) is 0 Å². The fourth-order valence-corrected chi connectivity index (χ4v) is 2.65. The Morgan fingerprint density at radius 2 is 2.14 bits per heavy atom. The average molecular weight is 283 g/mol. The standard InChI is InChI=1S/C17H21N3O/c1-13-9-17(19-10-16(13)18)21-15-7-8-20(12-15)11-14-5-3-2-4-6-14/h2-6,9-10,15H,7-8,11-12,18H2,1H3. The van der Waals surface area contributed by atoms with E-state index >= 15 is 0 Å². The number of benzene rings is 1. The number of hydrogen-bond donors (Lipinski definition) is 1. The van der Waals surface area contributed by atoms with Crippen LogP contribution in [-0.4, -0.2) is 29.1 Å². The summed E-state index contributed by atoms with van der Waals surface area (Å²) in [6, 6.07) is 12.5. The summed E-state index contributed by atoms with van der Waals surface area (Å²) < 4.78 is 5.97. The Morgan fingerprint density at radius 3 is 2.90 bits per heavy atom. The van der Waals surface area contributed by atoms with E-state index in [1.165, 1.54) is 5.56 Å². The molecule has 0 spiro atoms. The topological polar surface area (TPSA) is 51.4 Å². The van der Waals surface area contributed by atoms with Crippen LogP contribution in [0.25, 0.3) is 0 Å². The van der Waals surface area contributed by atoms with Crippen molar-refractivity contribution in [3.8, 4) is 5.88 Å². The third-order valence-electron chi connectivity index (χ3n) is 3.89. The van der Waals surface area contributed by atoms with Crippen molar-refractivity contribution in [3.63, 3.8) is 0 Å². The van der Waals surface area contributed by atoms with Gasteiger partial charge in [-0.15, -0.1) is 0 Å². The summed E-state index contributed by atoms with van der Waals surface area (Å²) in [6.07, 6.45) is 2.92. The highest BCUT2D eigenvalue weighted by Crippen LogP contribution is 2.20. The largest absolute Gasteiger partial charge is 0.473 e. The molecule has 0 aliphatic carbocycles. The molecule has 4 nitrogen and oxygen atoms in total. The Hall–Kier alpha value is -2.07. The van der Waals surface area contributed by atoms with E-state index in [-0.39, 0.29) is 6.10 Å². The van der Waals surface area contributed by atoms with Crippen LogP contribution < -0.4 is 10.5 Å². The SMILES string of the molecule is Cc1cc(OC2CCN(Cc3ccccc3)C2)ncc1N. The second-order valence-electron chi connectivity index (χ2n) is 5.63. The summed E-state index contributed by atoms with van der Waals surface area (Å²) in [5, 5.41) is 0. The Bertz CT molecular complexity index is 600. The summed E-state index contributed by atoms with van der Waals surface area (Å²) in [4.78, 5) is 6.67. The number of rotatable bonds is 4. The van der Waals surface area contributed by atoms with E-state index < -0.39 is 0 Å². The maximum atomic E-state index is 5.97. The number of likely N-dealkylation sites (tertiary alicyclic amines) is 1. The van der Waals surface area contributed by atoms with Gasteiger partial charge in [0, 0.05) is 25.7 Å². The van der Waals surface area contributed by atoms with Gasteiger partial charge >= 0.3 is 0 Å². The maximum Gasteiger partial charge on any atom is 0.213 e. The van der Waals surface area contributed by atoms with Gasteiger partial charge in [-0.2, -0.15) is 0 Å². The van der Waals surface area contributed by atoms with E-state index in [1.807, 2.05) is 13.0 Å². The van der Waals surface area contributed by atoms with Gasteiger partial charge in [-0.25, -0.2) is 4.98 Å². The van der Waals surface area contributed by atoms with Gasteiger partial charge in [0.05, 0.1) is 11.9 Å². The van der Waals surface area contributed by atoms with Crippen LogP contribution in [0.3, 0.4) is 0 Å². The highest BCUT2D eigenvalue weighted by atomic mass is 16.5. The first-order valence-electron chi connectivity index (χ1n) is 7.36. The van der Waals surface area contributed by atoms with Gasteiger partial charge < -0.3 is 10.5 Å². The predicted octanol–water partition coefficient (Wildman–Crippen LogP) is 2.63. The predicted molar refractivity (Wildman–Crippen MR) is 84.1 cm³/mol. The van der Waals surface area contributed by atoms with Crippen LogP contribution in [0.2, 0.25) is 0 Å². The van der Waals surface area contributed by atoms with Crippen molar-refractivity contribution < 1.29 is 4.74 Å². The molecule has 1 unspecified atom stereocenters. The molecule has 1 aromatic heterocycles. The first kappa shape index (κ1) is 13.9. The highest BCUT2D eigenvalue weighted by molar-refractivity contribution is 5.45. The Labute approximate surface area is 125 Å². The fourth-order valence-electron chi connectivity index (χ4n) is 2.65. The molecule has 1 saturated heterocycles. The number of aryl methyl sites for hydroxylation is 1. The van der Waals surface area contributed by atoms with Gasteiger partial charge in [-0.3, -0.25) is 4.90 Å². The van der Waals surface area contributed by atoms with Crippen LogP contribution in [0, 0.1) is 6.92 Å². The smallest absolute Gasteiger partial charge is 0.213 e. The summed E-state index contributed by atoms with van der Waals surface area (Å²) in [7, 11) is 0. The zero-order chi connectivity index (χ0) is 14.7. The lowest BCUT2D eigenvalue weighted by molar-refractivity contribution is 0.191. The minimum Gasteiger partial charge on any atom is -0.473 e. The molecule has 1 atom stereocenters. The first-order chi connectivity index (χ1) is 10.2. The zero-order valence-corrected chi connectivity index (χ0v) is 12.3. The van der Waals surface area contributed by atoms with Gasteiger partial charge in [0.25, 0.3) is 0 Å². The van der Waals surface area contributed by atoms with Crippen molar-refractivity contribution in [2.45, 2.75) is 26.0 Å². The molecule has 3 rings (SSSR count). The Kier molecular flexibility index (Phi) is 4.06. The quantitative estimate of drug-likeness (QED) is 0.937. The van der Waals surface area contributed by atoms with Gasteiger partial charge in [0.2, 0.25) is 5.88 Å². The molecule has 2 heterocycles. The van der Waals surface area contributed by atoms with Crippen LogP contribution in [-0.2, 0) is 6.54 Å². The average Bonchev–Trinajstić information content (AvgIpc) is 2.91. The monoisotopic (exact) mass is 283 g/mol. The molecule has 0 radical (unpaired) electrons. The number of aromatic nitrogens is 1. The molecule has 110 valence electrons. The van der Waals surface area contributed by atoms with E-state index in [4.69, 9.17) is 10.5 Å². The molecular weight excluding hydrogens is 262 g/mol. The molecule has 1 fully saturated rings. The van der Waals surface area contributed by atoms with Crippen molar-refractivity contribution >= 4 is 5.69 Å². The number of ether oxygens (including phenoxy) is 1. The van der Waals surface area contributed by atoms with Crippen LogP contribution in [0.5, 0.6) is 5.88 Å². The second-order valence-corrected chi connectivity index (χ2v) is 5.63. The number of anilines is 1. The molecule has 1 aliphatic rings. The lowest BCUT2D eigenvalue weighted by Crippen LogP contribution is -2.24. The van der Waals surface area contributed by atoms with Gasteiger partial charge in [0.1, 0.15) is 6.10 Å². The highest BCUT2D eigenvalue weighted by Gasteiger charge is 2.24. The summed E-state index contributed by atoms with van der Waals surface area (Å²) in [5.41, 5.74) is 8.85. The minimum atomic E-state index is 0.212. The molecule has 1 aliphatic heterocycles.